The molecule has 0 aromatic heterocycles. The number of hydrogen-bond donors (Lipinski definition) is 2. The predicted octanol–water partition coefficient (Wildman–Crippen LogP) is 2.18. The van der Waals surface area contributed by atoms with Crippen LogP contribution in [0.1, 0.15) is 51.9 Å². The van der Waals surface area contributed by atoms with Gasteiger partial charge in [-0.25, -0.2) is 0 Å². The van der Waals surface area contributed by atoms with Crippen LogP contribution in [-0.4, -0.2) is 23.5 Å². The van der Waals surface area contributed by atoms with E-state index in [0.717, 1.165) is 12.8 Å². The number of aliphatic carboxylic acids is 1. The number of carbonyl (C=O) groups excluding carboxylic acids is 1. The molecule has 1 fully saturated rings. The predicted molar refractivity (Wildman–Crippen MR) is 65.6 cm³/mol. The molecule has 4 heteroatoms. The zero-order valence-electron chi connectivity index (χ0n) is 10.6. The summed E-state index contributed by atoms with van der Waals surface area (Å²) in [7, 11) is 0. The van der Waals surface area contributed by atoms with Crippen molar-refractivity contribution in [3.63, 3.8) is 0 Å². The van der Waals surface area contributed by atoms with Gasteiger partial charge in [0.25, 0.3) is 0 Å². The highest BCUT2D eigenvalue weighted by atomic mass is 16.4. The van der Waals surface area contributed by atoms with Crippen molar-refractivity contribution in [1.82, 2.24) is 5.32 Å². The van der Waals surface area contributed by atoms with E-state index < -0.39 is 11.9 Å². The topological polar surface area (TPSA) is 66.4 Å². The minimum atomic E-state index is -0.861. The Bertz CT molecular complexity index is 257. The van der Waals surface area contributed by atoms with Crippen LogP contribution in [0.5, 0.6) is 0 Å². The zero-order valence-corrected chi connectivity index (χ0v) is 10.6. The molecule has 4 nitrogen and oxygen atoms in total. The first-order valence-electron chi connectivity index (χ1n) is 6.59. The molecule has 0 bridgehead atoms. The van der Waals surface area contributed by atoms with E-state index in [2.05, 4.69) is 5.32 Å². The normalized spacial score (nSPS) is 19.4. The van der Waals surface area contributed by atoms with Crippen molar-refractivity contribution < 1.29 is 14.7 Å². The molecule has 0 aliphatic heterocycles. The monoisotopic (exact) mass is 241 g/mol. The molecule has 1 saturated carbocycles. The summed E-state index contributed by atoms with van der Waals surface area (Å²) in [6, 6.07) is 0. The number of carboxylic acids is 1. The van der Waals surface area contributed by atoms with Crippen molar-refractivity contribution in [2.45, 2.75) is 51.9 Å². The molecule has 0 heterocycles. The SMILES string of the molecule is CC(CNC(=O)CC1CCCCCC1)C(=O)O. The van der Waals surface area contributed by atoms with Gasteiger partial charge in [0.1, 0.15) is 0 Å². The molecule has 0 aromatic carbocycles. The van der Waals surface area contributed by atoms with E-state index in [1.807, 2.05) is 0 Å². The first-order valence-corrected chi connectivity index (χ1v) is 6.59. The van der Waals surface area contributed by atoms with Gasteiger partial charge in [-0.15, -0.1) is 0 Å². The van der Waals surface area contributed by atoms with Gasteiger partial charge >= 0.3 is 5.97 Å². The van der Waals surface area contributed by atoms with E-state index in [9.17, 15) is 9.59 Å². The molecule has 1 rings (SSSR count). The molecule has 0 radical (unpaired) electrons. The second-order valence-electron chi connectivity index (χ2n) is 5.11. The van der Waals surface area contributed by atoms with Crippen LogP contribution in [0.3, 0.4) is 0 Å². The van der Waals surface area contributed by atoms with E-state index in [-0.39, 0.29) is 12.5 Å². The maximum atomic E-state index is 11.6. The third-order valence-corrected chi connectivity index (χ3v) is 3.48. The average molecular weight is 241 g/mol. The lowest BCUT2D eigenvalue weighted by atomic mass is 9.96. The van der Waals surface area contributed by atoms with Crippen LogP contribution in [0.4, 0.5) is 0 Å². The number of carboxylic acid groups (broad SMARTS) is 1. The fourth-order valence-electron chi connectivity index (χ4n) is 2.26. The van der Waals surface area contributed by atoms with Crippen LogP contribution in [0.15, 0.2) is 0 Å². The fourth-order valence-corrected chi connectivity index (χ4v) is 2.26. The van der Waals surface area contributed by atoms with Crippen molar-refractivity contribution in [3.05, 3.63) is 0 Å². The highest BCUT2D eigenvalue weighted by Gasteiger charge is 2.17. The Balaban J connectivity index is 2.21. The second-order valence-corrected chi connectivity index (χ2v) is 5.11. The standard InChI is InChI=1S/C13H23NO3/c1-10(13(16)17)9-14-12(15)8-11-6-4-2-3-5-7-11/h10-11H,2-9H2,1H3,(H,14,15)(H,16,17). The molecular weight excluding hydrogens is 218 g/mol. The molecule has 1 aliphatic rings. The minimum Gasteiger partial charge on any atom is -0.481 e. The Kier molecular flexibility index (Phi) is 6.01. The van der Waals surface area contributed by atoms with Crippen molar-refractivity contribution in [2.24, 2.45) is 11.8 Å². The van der Waals surface area contributed by atoms with Gasteiger partial charge < -0.3 is 10.4 Å². The summed E-state index contributed by atoms with van der Waals surface area (Å²) in [5.41, 5.74) is 0. The summed E-state index contributed by atoms with van der Waals surface area (Å²) in [6.07, 6.45) is 7.87. The van der Waals surface area contributed by atoms with Crippen molar-refractivity contribution in [2.75, 3.05) is 6.54 Å². The van der Waals surface area contributed by atoms with Gasteiger partial charge in [-0.3, -0.25) is 9.59 Å². The third kappa shape index (κ3) is 5.71. The number of amides is 1. The van der Waals surface area contributed by atoms with Crippen LogP contribution >= 0.6 is 0 Å². The second kappa shape index (κ2) is 7.30. The van der Waals surface area contributed by atoms with E-state index in [0.29, 0.717) is 12.3 Å². The zero-order chi connectivity index (χ0) is 12.7. The summed E-state index contributed by atoms with van der Waals surface area (Å²) in [5, 5.41) is 11.4. The van der Waals surface area contributed by atoms with Gasteiger partial charge in [-0.1, -0.05) is 32.6 Å². The number of hydrogen-bond acceptors (Lipinski definition) is 2. The Hall–Kier alpha value is -1.06. The lowest BCUT2D eigenvalue weighted by molar-refractivity contribution is -0.141. The van der Waals surface area contributed by atoms with E-state index in [1.165, 1.54) is 25.7 Å². The Morgan fingerprint density at radius 1 is 1.24 bits per heavy atom. The maximum absolute atomic E-state index is 11.6. The molecule has 0 saturated heterocycles. The minimum absolute atomic E-state index is 0.00463. The molecule has 1 aliphatic carbocycles. The van der Waals surface area contributed by atoms with Crippen LogP contribution in [0.2, 0.25) is 0 Å². The van der Waals surface area contributed by atoms with Crippen LogP contribution in [0.25, 0.3) is 0 Å². The lowest BCUT2D eigenvalue weighted by Gasteiger charge is -2.14. The highest BCUT2D eigenvalue weighted by molar-refractivity contribution is 5.77. The molecule has 0 aromatic rings. The summed E-state index contributed by atoms with van der Waals surface area (Å²) < 4.78 is 0. The molecule has 1 unspecified atom stereocenters. The number of carbonyl (C=O) groups is 2. The first-order chi connectivity index (χ1) is 8.09. The molecule has 17 heavy (non-hydrogen) atoms. The molecular formula is C13H23NO3. The van der Waals surface area contributed by atoms with Crippen molar-refractivity contribution in [1.29, 1.82) is 0 Å². The third-order valence-electron chi connectivity index (χ3n) is 3.48. The number of rotatable bonds is 5. The van der Waals surface area contributed by atoms with Gasteiger partial charge in [0.05, 0.1) is 5.92 Å². The summed E-state index contributed by atoms with van der Waals surface area (Å²) in [5.74, 6) is -0.865. The smallest absolute Gasteiger partial charge is 0.308 e. The molecule has 1 amide bonds. The summed E-state index contributed by atoms with van der Waals surface area (Å²) in [6.45, 7) is 1.84. The molecule has 1 atom stereocenters. The van der Waals surface area contributed by atoms with E-state index >= 15 is 0 Å². The van der Waals surface area contributed by atoms with Crippen LogP contribution in [-0.2, 0) is 9.59 Å². The Morgan fingerprint density at radius 2 is 1.82 bits per heavy atom. The molecule has 98 valence electrons. The van der Waals surface area contributed by atoms with E-state index in [1.54, 1.807) is 6.92 Å². The highest BCUT2D eigenvalue weighted by Crippen LogP contribution is 2.25. The first kappa shape index (κ1) is 14.0. The quantitative estimate of drug-likeness (QED) is 0.725. The maximum Gasteiger partial charge on any atom is 0.308 e. The lowest BCUT2D eigenvalue weighted by Crippen LogP contribution is -2.32. The molecule has 2 N–H and O–H groups in total. The van der Waals surface area contributed by atoms with E-state index in [4.69, 9.17) is 5.11 Å². The fraction of sp³-hybridized carbons (Fsp3) is 0.846. The Morgan fingerprint density at radius 3 is 2.35 bits per heavy atom. The summed E-state index contributed by atoms with van der Waals surface area (Å²) >= 11 is 0. The summed E-state index contributed by atoms with van der Waals surface area (Å²) in [4.78, 5) is 22.2. The van der Waals surface area contributed by atoms with Crippen LogP contribution < -0.4 is 5.32 Å². The van der Waals surface area contributed by atoms with Crippen molar-refractivity contribution in [3.8, 4) is 0 Å². The van der Waals surface area contributed by atoms with Gasteiger partial charge in [0.15, 0.2) is 0 Å². The average Bonchev–Trinajstić information content (AvgIpc) is 2.54. The van der Waals surface area contributed by atoms with Crippen LogP contribution in [0, 0.1) is 11.8 Å². The van der Waals surface area contributed by atoms with Crippen molar-refractivity contribution >= 4 is 11.9 Å². The van der Waals surface area contributed by atoms with Gasteiger partial charge in [0.2, 0.25) is 5.91 Å². The molecule has 0 spiro atoms. The largest absolute Gasteiger partial charge is 0.481 e. The van der Waals surface area contributed by atoms with Gasteiger partial charge in [0, 0.05) is 13.0 Å². The number of nitrogens with one attached hydrogen (secondary N) is 1. The Labute approximate surface area is 103 Å². The van der Waals surface area contributed by atoms with Gasteiger partial charge in [-0.05, 0) is 18.8 Å². The van der Waals surface area contributed by atoms with Gasteiger partial charge in [-0.2, -0.15) is 0 Å².